The van der Waals surface area contributed by atoms with Gasteiger partial charge in [0.1, 0.15) is 5.75 Å². The third-order valence-electron chi connectivity index (χ3n) is 6.14. The lowest BCUT2D eigenvalue weighted by Gasteiger charge is -2.37. The van der Waals surface area contributed by atoms with E-state index < -0.39 is 23.8 Å². The number of ether oxygens (including phenoxy) is 2. The lowest BCUT2D eigenvalue weighted by atomic mass is 9.88. The number of carbonyl (C=O) groups is 1. The number of aliphatic hydroxyl groups is 1. The lowest BCUT2D eigenvalue weighted by Crippen LogP contribution is -2.55. The SMILES string of the molecule is CC(C)=CCC[C@]1(C)OC(=O)N(CCc2c(C)[nH]c3ccc(OC(F)(F)F)cc23)[C@@]1(C)O. The standard InChI is InChI=1S/C23H29F3N2O4/c1-14(2)7-6-11-21(4)22(5,30)28(20(29)32-21)12-10-17-15(3)27-19-9-8-16(13-18(17)19)31-23(24,25)26/h7-9,13,27,30H,6,10-12H2,1-5H3/t21-,22-/m0/s1. The van der Waals surface area contributed by atoms with E-state index in [1.54, 1.807) is 13.8 Å². The van der Waals surface area contributed by atoms with Gasteiger partial charge < -0.3 is 19.6 Å². The van der Waals surface area contributed by atoms with Crippen LogP contribution < -0.4 is 4.74 Å². The summed E-state index contributed by atoms with van der Waals surface area (Å²) in [6, 6.07) is 4.09. The molecular weight excluding hydrogens is 425 g/mol. The van der Waals surface area contributed by atoms with Crippen LogP contribution in [0.25, 0.3) is 10.9 Å². The van der Waals surface area contributed by atoms with E-state index in [1.807, 2.05) is 26.8 Å². The maximum absolute atomic E-state index is 12.6. The van der Waals surface area contributed by atoms with Crippen LogP contribution in [0.1, 0.15) is 51.8 Å². The number of allylic oxidation sites excluding steroid dienone is 2. The number of carbonyl (C=O) groups excluding carboxylic acids is 1. The number of aromatic amines is 1. The first-order valence-corrected chi connectivity index (χ1v) is 10.5. The van der Waals surface area contributed by atoms with Gasteiger partial charge in [-0.15, -0.1) is 13.2 Å². The molecule has 0 unspecified atom stereocenters. The van der Waals surface area contributed by atoms with E-state index in [4.69, 9.17) is 4.74 Å². The Hall–Kier alpha value is -2.68. The number of halogens is 3. The van der Waals surface area contributed by atoms with Gasteiger partial charge in [0, 0.05) is 23.1 Å². The van der Waals surface area contributed by atoms with Crippen molar-refractivity contribution in [3.63, 3.8) is 0 Å². The molecular formula is C23H29F3N2O4. The minimum absolute atomic E-state index is 0.141. The third kappa shape index (κ3) is 4.72. The maximum atomic E-state index is 12.6. The molecule has 1 aromatic heterocycles. The van der Waals surface area contributed by atoms with Crippen LogP contribution in [-0.4, -0.2) is 45.3 Å². The van der Waals surface area contributed by atoms with Gasteiger partial charge in [0.25, 0.3) is 0 Å². The number of nitrogens with zero attached hydrogens (tertiary/aromatic N) is 1. The van der Waals surface area contributed by atoms with Gasteiger partial charge in [-0.05, 0) is 77.6 Å². The van der Waals surface area contributed by atoms with Crippen molar-refractivity contribution in [3.05, 3.63) is 41.1 Å². The monoisotopic (exact) mass is 454 g/mol. The van der Waals surface area contributed by atoms with Crippen molar-refractivity contribution in [2.75, 3.05) is 6.54 Å². The van der Waals surface area contributed by atoms with Crippen LogP contribution in [0.15, 0.2) is 29.8 Å². The van der Waals surface area contributed by atoms with Crippen molar-refractivity contribution >= 4 is 17.0 Å². The summed E-state index contributed by atoms with van der Waals surface area (Å²) in [5.41, 5.74) is 0.688. The van der Waals surface area contributed by atoms with Crippen molar-refractivity contribution in [1.82, 2.24) is 9.88 Å². The average molecular weight is 454 g/mol. The van der Waals surface area contributed by atoms with Crippen molar-refractivity contribution < 1.29 is 32.5 Å². The second-order valence-corrected chi connectivity index (χ2v) is 8.83. The molecule has 1 aliphatic heterocycles. The van der Waals surface area contributed by atoms with Gasteiger partial charge in [-0.25, -0.2) is 4.79 Å². The number of aryl methyl sites for hydroxylation is 1. The number of H-pyrrole nitrogens is 1. The molecule has 2 atom stereocenters. The van der Waals surface area contributed by atoms with E-state index in [0.717, 1.165) is 16.8 Å². The highest BCUT2D eigenvalue weighted by molar-refractivity contribution is 5.86. The molecule has 0 aliphatic carbocycles. The fourth-order valence-corrected chi connectivity index (χ4v) is 4.15. The lowest BCUT2D eigenvalue weighted by molar-refractivity contribution is -0.274. The van der Waals surface area contributed by atoms with Gasteiger partial charge >= 0.3 is 12.5 Å². The summed E-state index contributed by atoms with van der Waals surface area (Å²) in [7, 11) is 0. The minimum Gasteiger partial charge on any atom is -0.438 e. The van der Waals surface area contributed by atoms with E-state index in [1.165, 1.54) is 23.1 Å². The molecule has 1 aromatic carbocycles. The van der Waals surface area contributed by atoms with Crippen LogP contribution in [0, 0.1) is 6.92 Å². The molecule has 2 aromatic rings. The number of fused-ring (bicyclic) bond motifs is 1. The second-order valence-electron chi connectivity index (χ2n) is 8.83. The highest BCUT2D eigenvalue weighted by atomic mass is 19.4. The topological polar surface area (TPSA) is 74.8 Å². The number of hydrogen-bond donors (Lipinski definition) is 2. The van der Waals surface area contributed by atoms with Crippen molar-refractivity contribution in [2.45, 2.75) is 71.6 Å². The van der Waals surface area contributed by atoms with E-state index in [-0.39, 0.29) is 12.3 Å². The summed E-state index contributed by atoms with van der Waals surface area (Å²) in [5.74, 6) is -0.315. The minimum atomic E-state index is -4.78. The normalized spacial score (nSPS) is 23.5. The zero-order valence-corrected chi connectivity index (χ0v) is 18.9. The van der Waals surface area contributed by atoms with E-state index in [9.17, 15) is 23.1 Å². The zero-order valence-electron chi connectivity index (χ0n) is 18.9. The summed E-state index contributed by atoms with van der Waals surface area (Å²) in [4.78, 5) is 17.0. The number of nitrogens with one attached hydrogen (secondary N) is 1. The Morgan fingerprint density at radius 2 is 2.00 bits per heavy atom. The molecule has 0 bridgehead atoms. The summed E-state index contributed by atoms with van der Waals surface area (Å²) in [6.45, 7) is 9.16. The van der Waals surface area contributed by atoms with Crippen LogP contribution in [0.2, 0.25) is 0 Å². The zero-order chi connectivity index (χ0) is 23.9. The molecule has 3 rings (SSSR count). The summed E-state index contributed by atoms with van der Waals surface area (Å²) in [6.07, 6.45) is -1.96. The number of hydrogen-bond acceptors (Lipinski definition) is 4. The van der Waals surface area contributed by atoms with Gasteiger partial charge in [0.15, 0.2) is 11.3 Å². The first kappa shape index (κ1) is 24.0. The second kappa shape index (κ2) is 8.35. The van der Waals surface area contributed by atoms with Crippen LogP contribution in [-0.2, 0) is 11.2 Å². The van der Waals surface area contributed by atoms with Crippen molar-refractivity contribution in [1.29, 1.82) is 0 Å². The third-order valence-corrected chi connectivity index (χ3v) is 6.14. The fourth-order valence-electron chi connectivity index (χ4n) is 4.15. The van der Waals surface area contributed by atoms with Gasteiger partial charge in [0.05, 0.1) is 0 Å². The number of rotatable bonds is 7. The van der Waals surface area contributed by atoms with Crippen molar-refractivity contribution in [2.24, 2.45) is 0 Å². The Labute approximate surface area is 185 Å². The first-order chi connectivity index (χ1) is 14.7. The molecule has 2 N–H and O–H groups in total. The Bertz CT molecular complexity index is 1040. The molecule has 0 spiro atoms. The molecule has 0 saturated carbocycles. The van der Waals surface area contributed by atoms with Gasteiger partial charge in [-0.3, -0.25) is 4.90 Å². The Morgan fingerprint density at radius 3 is 2.62 bits per heavy atom. The van der Waals surface area contributed by atoms with E-state index in [0.29, 0.717) is 30.2 Å². The number of benzene rings is 1. The fraction of sp³-hybridized carbons (Fsp3) is 0.522. The number of amides is 1. The van der Waals surface area contributed by atoms with Crippen molar-refractivity contribution in [3.8, 4) is 5.75 Å². The molecule has 176 valence electrons. The molecule has 9 heteroatoms. The highest BCUT2D eigenvalue weighted by Crippen LogP contribution is 2.41. The predicted octanol–water partition coefficient (Wildman–Crippen LogP) is 5.58. The van der Waals surface area contributed by atoms with E-state index in [2.05, 4.69) is 9.72 Å². The molecule has 1 fully saturated rings. The van der Waals surface area contributed by atoms with Gasteiger partial charge in [0.2, 0.25) is 0 Å². The van der Waals surface area contributed by atoms with E-state index >= 15 is 0 Å². The number of alkyl halides is 3. The quantitative estimate of drug-likeness (QED) is 0.536. The number of aromatic nitrogens is 1. The molecule has 2 heterocycles. The van der Waals surface area contributed by atoms with Gasteiger partial charge in [-0.2, -0.15) is 0 Å². The molecule has 1 saturated heterocycles. The molecule has 6 nitrogen and oxygen atoms in total. The van der Waals surface area contributed by atoms with Crippen LogP contribution in [0.5, 0.6) is 5.75 Å². The average Bonchev–Trinajstić information content (AvgIpc) is 3.02. The smallest absolute Gasteiger partial charge is 0.438 e. The Kier molecular flexibility index (Phi) is 6.25. The molecule has 0 radical (unpaired) electrons. The summed E-state index contributed by atoms with van der Waals surface area (Å²) >= 11 is 0. The first-order valence-electron chi connectivity index (χ1n) is 10.5. The summed E-state index contributed by atoms with van der Waals surface area (Å²) < 4.78 is 47.5. The molecule has 1 amide bonds. The Balaban J connectivity index is 1.81. The molecule has 1 aliphatic rings. The summed E-state index contributed by atoms with van der Waals surface area (Å²) in [5, 5.41) is 11.8. The van der Waals surface area contributed by atoms with Gasteiger partial charge in [-0.1, -0.05) is 11.6 Å². The van der Waals surface area contributed by atoms with Crippen LogP contribution >= 0.6 is 0 Å². The van der Waals surface area contributed by atoms with Crippen LogP contribution in [0.3, 0.4) is 0 Å². The van der Waals surface area contributed by atoms with Crippen LogP contribution in [0.4, 0.5) is 18.0 Å². The highest BCUT2D eigenvalue weighted by Gasteiger charge is 2.58. The predicted molar refractivity (Wildman–Crippen MR) is 114 cm³/mol. The number of cyclic esters (lactones) is 1. The Morgan fingerprint density at radius 1 is 1.31 bits per heavy atom. The maximum Gasteiger partial charge on any atom is 0.573 e. The largest absolute Gasteiger partial charge is 0.573 e. The molecule has 32 heavy (non-hydrogen) atoms.